The minimum atomic E-state index is -0.366. The van der Waals surface area contributed by atoms with E-state index in [0.29, 0.717) is 28.7 Å². The molecule has 0 saturated carbocycles. The minimum Gasteiger partial charge on any atom is -0.494 e. The summed E-state index contributed by atoms with van der Waals surface area (Å²) in [6, 6.07) is 6.85. The van der Waals surface area contributed by atoms with Crippen molar-refractivity contribution < 1.29 is 19.1 Å². The first-order chi connectivity index (χ1) is 10.6. The monoisotopic (exact) mass is 320 g/mol. The van der Waals surface area contributed by atoms with Gasteiger partial charge in [0, 0.05) is 10.9 Å². The van der Waals surface area contributed by atoms with E-state index in [-0.39, 0.29) is 18.3 Å². The second-order valence-electron chi connectivity index (χ2n) is 4.31. The first-order valence-corrected chi connectivity index (χ1v) is 7.55. The lowest BCUT2D eigenvalue weighted by Crippen LogP contribution is -2.12. The maximum Gasteiger partial charge on any atom is 0.311 e. The molecule has 0 atom stereocenters. The van der Waals surface area contributed by atoms with Crippen LogP contribution in [-0.2, 0) is 16.0 Å². The summed E-state index contributed by atoms with van der Waals surface area (Å²) in [7, 11) is 1.32. The summed E-state index contributed by atoms with van der Waals surface area (Å²) >= 11 is 1.26. The van der Waals surface area contributed by atoms with Gasteiger partial charge in [-0.3, -0.25) is 14.9 Å². The first kappa shape index (κ1) is 16.0. The van der Waals surface area contributed by atoms with Crippen LogP contribution in [0.5, 0.6) is 5.75 Å². The van der Waals surface area contributed by atoms with E-state index in [2.05, 4.69) is 15.0 Å². The Morgan fingerprint density at radius 3 is 2.64 bits per heavy atom. The number of benzene rings is 1. The van der Waals surface area contributed by atoms with E-state index in [1.165, 1.54) is 18.4 Å². The van der Waals surface area contributed by atoms with Gasteiger partial charge in [0.15, 0.2) is 5.13 Å². The molecule has 0 aliphatic heterocycles. The van der Waals surface area contributed by atoms with E-state index in [1.54, 1.807) is 29.6 Å². The Kier molecular flexibility index (Phi) is 5.48. The van der Waals surface area contributed by atoms with Crippen molar-refractivity contribution >= 4 is 28.3 Å². The predicted octanol–water partition coefficient (Wildman–Crippen LogP) is 2.51. The van der Waals surface area contributed by atoms with Crippen LogP contribution in [0.25, 0.3) is 0 Å². The molecule has 2 rings (SSSR count). The fraction of sp³-hybridized carbons (Fsp3) is 0.267. The lowest BCUT2D eigenvalue weighted by Gasteiger charge is -2.04. The molecule has 1 heterocycles. The van der Waals surface area contributed by atoms with Gasteiger partial charge in [0.05, 0.1) is 25.8 Å². The van der Waals surface area contributed by atoms with Crippen LogP contribution in [0, 0.1) is 0 Å². The zero-order valence-corrected chi connectivity index (χ0v) is 13.1. The average molecular weight is 320 g/mol. The average Bonchev–Trinajstić information content (AvgIpc) is 2.95. The van der Waals surface area contributed by atoms with Gasteiger partial charge in [-0.1, -0.05) is 0 Å². The molecule has 1 aromatic heterocycles. The number of amides is 1. The van der Waals surface area contributed by atoms with Gasteiger partial charge in [-0.2, -0.15) is 0 Å². The smallest absolute Gasteiger partial charge is 0.311 e. The number of carbonyl (C=O) groups is 2. The third-order valence-corrected chi connectivity index (χ3v) is 3.56. The molecule has 1 aromatic carbocycles. The summed E-state index contributed by atoms with van der Waals surface area (Å²) in [6.45, 7) is 2.47. The van der Waals surface area contributed by atoms with Crippen LogP contribution in [0.1, 0.15) is 23.0 Å². The van der Waals surface area contributed by atoms with Gasteiger partial charge in [-0.05, 0) is 31.2 Å². The molecule has 0 bridgehead atoms. The first-order valence-electron chi connectivity index (χ1n) is 6.67. The van der Waals surface area contributed by atoms with Gasteiger partial charge in [0.25, 0.3) is 5.91 Å². The molecule has 0 aliphatic rings. The van der Waals surface area contributed by atoms with E-state index >= 15 is 0 Å². The highest BCUT2D eigenvalue weighted by molar-refractivity contribution is 7.14. The van der Waals surface area contributed by atoms with Gasteiger partial charge < -0.3 is 9.47 Å². The van der Waals surface area contributed by atoms with Crippen LogP contribution in [0.2, 0.25) is 0 Å². The molecular formula is C15H16N2O4S. The Hall–Kier alpha value is -2.41. The maximum atomic E-state index is 12.1. The van der Waals surface area contributed by atoms with Crippen molar-refractivity contribution in [1.82, 2.24) is 4.98 Å². The van der Waals surface area contributed by atoms with Crippen molar-refractivity contribution in [3.8, 4) is 5.75 Å². The van der Waals surface area contributed by atoms with Gasteiger partial charge in [0.2, 0.25) is 0 Å². The summed E-state index contributed by atoms with van der Waals surface area (Å²) in [6.07, 6.45) is 0.0892. The lowest BCUT2D eigenvalue weighted by atomic mass is 10.2. The lowest BCUT2D eigenvalue weighted by molar-refractivity contribution is -0.139. The van der Waals surface area contributed by atoms with E-state index in [1.807, 2.05) is 6.92 Å². The topological polar surface area (TPSA) is 77.5 Å². The van der Waals surface area contributed by atoms with Crippen LogP contribution in [0.3, 0.4) is 0 Å². The molecule has 0 fully saturated rings. The van der Waals surface area contributed by atoms with Crippen LogP contribution in [0.15, 0.2) is 29.6 Å². The standard InChI is InChI=1S/C15H16N2O4S/c1-3-21-12-6-4-10(5-7-12)14(19)17-15-16-11(9-22-15)8-13(18)20-2/h4-7,9H,3,8H2,1-2H3,(H,16,17,19). The number of esters is 1. The Labute approximate surface area is 132 Å². The van der Waals surface area contributed by atoms with Crippen molar-refractivity contribution in [1.29, 1.82) is 0 Å². The highest BCUT2D eigenvalue weighted by Gasteiger charge is 2.11. The zero-order chi connectivity index (χ0) is 15.9. The number of carbonyl (C=O) groups excluding carboxylic acids is 2. The van der Waals surface area contributed by atoms with Gasteiger partial charge in [-0.25, -0.2) is 4.98 Å². The SMILES string of the molecule is CCOc1ccc(C(=O)Nc2nc(CC(=O)OC)cs2)cc1. The van der Waals surface area contributed by atoms with Crippen molar-refractivity contribution in [2.24, 2.45) is 0 Å². The molecule has 0 unspecified atom stereocenters. The molecule has 6 nitrogen and oxygen atoms in total. The molecule has 0 saturated heterocycles. The van der Waals surface area contributed by atoms with Gasteiger partial charge in [-0.15, -0.1) is 11.3 Å². The zero-order valence-electron chi connectivity index (χ0n) is 12.3. The van der Waals surface area contributed by atoms with Crippen molar-refractivity contribution in [3.05, 3.63) is 40.9 Å². The number of hydrogen-bond donors (Lipinski definition) is 1. The summed E-state index contributed by atoms with van der Waals surface area (Å²) in [5.41, 5.74) is 1.08. The number of anilines is 1. The van der Waals surface area contributed by atoms with Crippen LogP contribution in [-0.4, -0.2) is 30.6 Å². The van der Waals surface area contributed by atoms with E-state index < -0.39 is 0 Å². The normalized spacial score (nSPS) is 10.1. The van der Waals surface area contributed by atoms with Gasteiger partial charge >= 0.3 is 5.97 Å². The van der Waals surface area contributed by atoms with Crippen LogP contribution < -0.4 is 10.1 Å². The van der Waals surface area contributed by atoms with E-state index in [9.17, 15) is 9.59 Å². The second kappa shape index (κ2) is 7.56. The van der Waals surface area contributed by atoms with Crippen molar-refractivity contribution in [2.45, 2.75) is 13.3 Å². The third-order valence-electron chi connectivity index (χ3n) is 2.75. The minimum absolute atomic E-state index is 0.0892. The number of nitrogens with one attached hydrogen (secondary N) is 1. The fourth-order valence-electron chi connectivity index (χ4n) is 1.70. The Balaban J connectivity index is 1.98. The van der Waals surface area contributed by atoms with Gasteiger partial charge in [0.1, 0.15) is 5.75 Å². The largest absolute Gasteiger partial charge is 0.494 e. The Morgan fingerprint density at radius 2 is 2.00 bits per heavy atom. The quantitative estimate of drug-likeness (QED) is 0.828. The molecule has 0 aliphatic carbocycles. The molecule has 22 heavy (non-hydrogen) atoms. The highest BCUT2D eigenvalue weighted by Crippen LogP contribution is 2.18. The predicted molar refractivity (Wildman–Crippen MR) is 83.4 cm³/mol. The number of hydrogen-bond acceptors (Lipinski definition) is 6. The number of rotatable bonds is 6. The van der Waals surface area contributed by atoms with Crippen molar-refractivity contribution in [2.75, 3.05) is 19.0 Å². The molecule has 0 radical (unpaired) electrons. The number of aromatic nitrogens is 1. The van der Waals surface area contributed by atoms with Crippen LogP contribution >= 0.6 is 11.3 Å². The number of ether oxygens (including phenoxy) is 2. The molecule has 1 N–H and O–H groups in total. The highest BCUT2D eigenvalue weighted by atomic mass is 32.1. The number of thiazole rings is 1. The second-order valence-corrected chi connectivity index (χ2v) is 5.17. The Bertz CT molecular complexity index is 652. The summed E-state index contributed by atoms with van der Waals surface area (Å²) < 4.78 is 9.90. The Morgan fingerprint density at radius 1 is 1.27 bits per heavy atom. The van der Waals surface area contributed by atoms with Crippen LogP contribution in [0.4, 0.5) is 5.13 Å². The van der Waals surface area contributed by atoms with E-state index in [4.69, 9.17) is 4.74 Å². The summed E-state index contributed by atoms with van der Waals surface area (Å²) in [5.74, 6) is 0.0883. The summed E-state index contributed by atoms with van der Waals surface area (Å²) in [4.78, 5) is 27.4. The molecule has 1 amide bonds. The molecule has 7 heteroatoms. The molecule has 116 valence electrons. The fourth-order valence-corrected chi connectivity index (χ4v) is 2.41. The molecule has 2 aromatic rings. The maximum absolute atomic E-state index is 12.1. The number of nitrogens with zero attached hydrogens (tertiary/aromatic N) is 1. The summed E-state index contributed by atoms with van der Waals surface area (Å²) in [5, 5.41) is 4.85. The number of methoxy groups -OCH3 is 1. The third kappa shape index (κ3) is 4.29. The molecular weight excluding hydrogens is 304 g/mol. The van der Waals surface area contributed by atoms with E-state index in [0.717, 1.165) is 0 Å². The van der Waals surface area contributed by atoms with Crippen molar-refractivity contribution in [3.63, 3.8) is 0 Å². The molecule has 0 spiro atoms.